The Bertz CT molecular complexity index is 707. The summed E-state index contributed by atoms with van der Waals surface area (Å²) < 4.78 is 5.16. The van der Waals surface area contributed by atoms with Crippen LogP contribution >= 0.6 is 0 Å². The highest BCUT2D eigenvalue weighted by atomic mass is 16.5. The van der Waals surface area contributed by atoms with Gasteiger partial charge in [0.05, 0.1) is 7.11 Å². The highest BCUT2D eigenvalue weighted by molar-refractivity contribution is 5.91. The van der Waals surface area contributed by atoms with Crippen LogP contribution in [-0.2, 0) is 11.3 Å². The first-order valence-corrected chi connectivity index (χ1v) is 8.46. The number of benzene rings is 1. The van der Waals surface area contributed by atoms with Crippen LogP contribution in [0.15, 0.2) is 48.7 Å². The number of methoxy groups -OCH3 is 1. The third-order valence-corrected chi connectivity index (χ3v) is 3.88. The predicted octanol–water partition coefficient (Wildman–Crippen LogP) is 3.27. The molecular weight excluding hydrogens is 314 g/mol. The van der Waals surface area contributed by atoms with Gasteiger partial charge in [-0.2, -0.15) is 0 Å². The van der Waals surface area contributed by atoms with Crippen molar-refractivity contribution in [2.75, 3.05) is 25.1 Å². The fourth-order valence-electron chi connectivity index (χ4n) is 2.42. The van der Waals surface area contributed by atoms with Gasteiger partial charge < -0.3 is 15.0 Å². The topological polar surface area (TPSA) is 54.5 Å². The molecule has 0 aliphatic carbocycles. The van der Waals surface area contributed by atoms with Gasteiger partial charge in [0.15, 0.2) is 0 Å². The van der Waals surface area contributed by atoms with Gasteiger partial charge in [-0.05, 0) is 49.2 Å². The summed E-state index contributed by atoms with van der Waals surface area (Å²) in [5.41, 5.74) is 1.89. The zero-order valence-corrected chi connectivity index (χ0v) is 15.0. The minimum atomic E-state index is -0.143. The smallest absolute Gasteiger partial charge is 0.244 e. The third kappa shape index (κ3) is 5.64. The van der Waals surface area contributed by atoms with Gasteiger partial charge in [0.1, 0.15) is 11.6 Å². The Kier molecular flexibility index (Phi) is 7.01. The Morgan fingerprint density at radius 1 is 1.24 bits per heavy atom. The van der Waals surface area contributed by atoms with Crippen molar-refractivity contribution >= 4 is 17.8 Å². The Balaban J connectivity index is 1.88. The summed E-state index contributed by atoms with van der Waals surface area (Å²) in [6.07, 6.45) is 5.09. The number of pyridine rings is 1. The maximum Gasteiger partial charge on any atom is 0.244 e. The van der Waals surface area contributed by atoms with Gasteiger partial charge in [-0.15, -0.1) is 0 Å². The lowest BCUT2D eigenvalue weighted by atomic mass is 10.2. The summed E-state index contributed by atoms with van der Waals surface area (Å²) in [6.45, 7) is 6.51. The molecular formula is C20H25N3O2. The SMILES string of the molecule is CCN(CC)c1ccc(CNC(=O)/C=C/c2cccc(OC)c2)cn1. The normalized spacial score (nSPS) is 10.7. The summed E-state index contributed by atoms with van der Waals surface area (Å²) in [6, 6.07) is 11.5. The van der Waals surface area contributed by atoms with Gasteiger partial charge >= 0.3 is 0 Å². The summed E-state index contributed by atoms with van der Waals surface area (Å²) in [5, 5.41) is 2.86. The summed E-state index contributed by atoms with van der Waals surface area (Å²) >= 11 is 0. The zero-order chi connectivity index (χ0) is 18.1. The lowest BCUT2D eigenvalue weighted by molar-refractivity contribution is -0.116. The van der Waals surface area contributed by atoms with E-state index in [1.165, 1.54) is 6.08 Å². The quantitative estimate of drug-likeness (QED) is 0.750. The molecule has 0 fully saturated rings. The van der Waals surface area contributed by atoms with E-state index >= 15 is 0 Å². The Hall–Kier alpha value is -2.82. The minimum absolute atomic E-state index is 0.143. The number of nitrogens with one attached hydrogen (secondary N) is 1. The number of amides is 1. The molecule has 0 aliphatic heterocycles. The molecule has 0 bridgehead atoms. The summed E-state index contributed by atoms with van der Waals surface area (Å²) in [4.78, 5) is 18.6. The zero-order valence-electron chi connectivity index (χ0n) is 15.0. The maximum atomic E-state index is 12.0. The van der Waals surface area contributed by atoms with Crippen molar-refractivity contribution in [2.24, 2.45) is 0 Å². The van der Waals surface area contributed by atoms with Crippen molar-refractivity contribution in [2.45, 2.75) is 20.4 Å². The first-order valence-electron chi connectivity index (χ1n) is 8.46. The molecule has 1 aromatic carbocycles. The minimum Gasteiger partial charge on any atom is -0.497 e. The van der Waals surface area contributed by atoms with Crippen molar-refractivity contribution in [3.8, 4) is 5.75 Å². The maximum absolute atomic E-state index is 12.0. The molecule has 2 aromatic rings. The second kappa shape index (κ2) is 9.47. The fourth-order valence-corrected chi connectivity index (χ4v) is 2.42. The first-order chi connectivity index (χ1) is 12.2. The third-order valence-electron chi connectivity index (χ3n) is 3.88. The molecule has 0 radical (unpaired) electrons. The summed E-state index contributed by atoms with van der Waals surface area (Å²) in [5.74, 6) is 1.58. The van der Waals surface area contributed by atoms with Crippen LogP contribution in [0.1, 0.15) is 25.0 Å². The number of rotatable bonds is 8. The summed E-state index contributed by atoms with van der Waals surface area (Å²) in [7, 11) is 1.62. The van der Waals surface area contributed by atoms with Crippen molar-refractivity contribution in [1.82, 2.24) is 10.3 Å². The molecule has 5 heteroatoms. The molecule has 0 unspecified atom stereocenters. The van der Waals surface area contributed by atoms with Crippen LogP contribution in [-0.4, -0.2) is 31.1 Å². The van der Waals surface area contributed by atoms with E-state index in [1.54, 1.807) is 19.4 Å². The van der Waals surface area contributed by atoms with E-state index < -0.39 is 0 Å². The van der Waals surface area contributed by atoms with Crippen LogP contribution in [0, 0.1) is 0 Å². The van der Waals surface area contributed by atoms with Gasteiger partial charge in [0.2, 0.25) is 5.91 Å². The van der Waals surface area contributed by atoms with Crippen LogP contribution in [0.2, 0.25) is 0 Å². The number of carbonyl (C=O) groups is 1. The van der Waals surface area contributed by atoms with E-state index in [9.17, 15) is 4.79 Å². The van der Waals surface area contributed by atoms with Crippen molar-refractivity contribution < 1.29 is 9.53 Å². The number of anilines is 1. The predicted molar refractivity (Wildman–Crippen MR) is 102 cm³/mol. The average molecular weight is 339 g/mol. The Labute approximate surface area is 149 Å². The lowest BCUT2D eigenvalue weighted by Gasteiger charge is -2.19. The van der Waals surface area contributed by atoms with E-state index in [0.29, 0.717) is 6.54 Å². The van der Waals surface area contributed by atoms with Crippen LogP contribution < -0.4 is 15.0 Å². The van der Waals surface area contributed by atoms with E-state index in [-0.39, 0.29) is 5.91 Å². The number of ether oxygens (including phenoxy) is 1. The molecule has 2 rings (SSSR count). The number of hydrogen-bond donors (Lipinski definition) is 1. The van der Waals surface area contributed by atoms with Gasteiger partial charge in [0, 0.05) is 31.9 Å². The lowest BCUT2D eigenvalue weighted by Crippen LogP contribution is -2.23. The molecule has 0 saturated heterocycles. The fraction of sp³-hybridized carbons (Fsp3) is 0.300. The largest absolute Gasteiger partial charge is 0.497 e. The molecule has 0 spiro atoms. The molecule has 0 aliphatic rings. The van der Waals surface area contributed by atoms with Crippen LogP contribution in [0.25, 0.3) is 6.08 Å². The van der Waals surface area contributed by atoms with Gasteiger partial charge in [-0.25, -0.2) is 4.98 Å². The Morgan fingerprint density at radius 2 is 2.04 bits per heavy atom. The molecule has 1 heterocycles. The molecule has 0 saturated carbocycles. The molecule has 0 atom stereocenters. The van der Waals surface area contributed by atoms with Crippen LogP contribution in [0.3, 0.4) is 0 Å². The van der Waals surface area contributed by atoms with Crippen molar-refractivity contribution in [1.29, 1.82) is 0 Å². The number of nitrogens with zero attached hydrogens (tertiary/aromatic N) is 2. The molecule has 25 heavy (non-hydrogen) atoms. The average Bonchev–Trinajstić information content (AvgIpc) is 2.67. The van der Waals surface area contributed by atoms with Crippen molar-refractivity contribution in [3.63, 3.8) is 0 Å². The second-order valence-electron chi connectivity index (χ2n) is 5.52. The van der Waals surface area contributed by atoms with Crippen LogP contribution in [0.5, 0.6) is 5.75 Å². The van der Waals surface area contributed by atoms with E-state index in [0.717, 1.165) is 35.8 Å². The van der Waals surface area contributed by atoms with E-state index in [2.05, 4.69) is 29.0 Å². The Morgan fingerprint density at radius 3 is 2.68 bits per heavy atom. The standard InChI is InChI=1S/C20H25N3O2/c1-4-23(5-2)19-11-9-17(14-21-19)15-22-20(24)12-10-16-7-6-8-18(13-16)25-3/h6-14H,4-5,15H2,1-3H3,(H,22,24)/b12-10+. The van der Waals surface area contributed by atoms with Gasteiger partial charge in [-0.1, -0.05) is 18.2 Å². The first kappa shape index (κ1) is 18.5. The van der Waals surface area contributed by atoms with Gasteiger partial charge in [-0.3, -0.25) is 4.79 Å². The van der Waals surface area contributed by atoms with E-state index in [4.69, 9.17) is 4.74 Å². The van der Waals surface area contributed by atoms with Gasteiger partial charge in [0.25, 0.3) is 0 Å². The van der Waals surface area contributed by atoms with Crippen LogP contribution in [0.4, 0.5) is 5.82 Å². The molecule has 1 aromatic heterocycles. The molecule has 5 nitrogen and oxygen atoms in total. The number of carbonyl (C=O) groups excluding carboxylic acids is 1. The number of hydrogen-bond acceptors (Lipinski definition) is 4. The van der Waals surface area contributed by atoms with Crippen molar-refractivity contribution in [3.05, 3.63) is 59.8 Å². The van der Waals surface area contributed by atoms with E-state index in [1.807, 2.05) is 36.4 Å². The molecule has 1 amide bonds. The molecule has 1 N–H and O–H groups in total. The second-order valence-corrected chi connectivity index (χ2v) is 5.52. The highest BCUT2D eigenvalue weighted by Crippen LogP contribution is 2.13. The highest BCUT2D eigenvalue weighted by Gasteiger charge is 2.03. The number of aromatic nitrogens is 1. The monoisotopic (exact) mass is 339 g/mol. The molecule has 132 valence electrons.